The van der Waals surface area contributed by atoms with Gasteiger partial charge >= 0.3 is 0 Å². The molecule has 0 aliphatic carbocycles. The van der Waals surface area contributed by atoms with Crippen molar-refractivity contribution >= 4 is 56.1 Å². The molecule has 0 fully saturated rings. The number of rotatable bonds is 4. The molecule has 3 aromatic carbocycles. The second kappa shape index (κ2) is 8.49. The molecule has 0 bridgehead atoms. The lowest BCUT2D eigenvalue weighted by molar-refractivity contribution is -0.113. The van der Waals surface area contributed by atoms with Crippen LogP contribution in [-0.4, -0.2) is 16.7 Å². The summed E-state index contributed by atoms with van der Waals surface area (Å²) in [4.78, 5) is 23.9. The van der Waals surface area contributed by atoms with Crippen molar-refractivity contribution in [2.75, 3.05) is 4.90 Å². The molecular formula is C25H15ClFN3OS. The van der Waals surface area contributed by atoms with E-state index >= 15 is 0 Å². The number of carbonyl (C=O) groups excluding carboxylic acids is 1. The number of nitrogens with zero attached hydrogens (tertiary/aromatic N) is 3. The molecular weight excluding hydrogens is 445 g/mol. The summed E-state index contributed by atoms with van der Waals surface area (Å²) in [5.74, 6) is -0.349. The third kappa shape index (κ3) is 3.86. The van der Waals surface area contributed by atoms with Crippen LogP contribution >= 0.6 is 22.9 Å². The van der Waals surface area contributed by atoms with Crippen LogP contribution in [0.15, 0.2) is 95.6 Å². The van der Waals surface area contributed by atoms with Gasteiger partial charge in [-0.3, -0.25) is 4.79 Å². The fourth-order valence-electron chi connectivity index (χ4n) is 3.31. The fourth-order valence-corrected chi connectivity index (χ4v) is 4.44. The first kappa shape index (κ1) is 20.3. The van der Waals surface area contributed by atoms with Gasteiger partial charge in [0.1, 0.15) is 17.3 Å². The van der Waals surface area contributed by atoms with Gasteiger partial charge in [0.15, 0.2) is 5.13 Å². The molecule has 2 heterocycles. The molecule has 1 aromatic heterocycles. The Morgan fingerprint density at radius 2 is 1.72 bits per heavy atom. The van der Waals surface area contributed by atoms with Gasteiger partial charge < -0.3 is 0 Å². The summed E-state index contributed by atoms with van der Waals surface area (Å²) >= 11 is 7.12. The van der Waals surface area contributed by atoms with E-state index in [0.29, 0.717) is 26.9 Å². The highest BCUT2D eigenvalue weighted by Crippen LogP contribution is 2.35. The summed E-state index contributed by atoms with van der Waals surface area (Å²) in [5, 5.41) is 0.399. The van der Waals surface area contributed by atoms with Crippen molar-refractivity contribution in [2.24, 2.45) is 4.99 Å². The highest BCUT2D eigenvalue weighted by Gasteiger charge is 2.34. The zero-order chi connectivity index (χ0) is 22.1. The molecule has 32 heavy (non-hydrogen) atoms. The molecule has 7 heteroatoms. The quantitative estimate of drug-likeness (QED) is 0.328. The van der Waals surface area contributed by atoms with Gasteiger partial charge in [-0.05, 0) is 23.8 Å². The largest absolute Gasteiger partial charge is 0.284 e. The van der Waals surface area contributed by atoms with E-state index in [2.05, 4.69) is 9.98 Å². The van der Waals surface area contributed by atoms with E-state index < -0.39 is 5.82 Å². The lowest BCUT2D eigenvalue weighted by Gasteiger charge is -2.14. The molecule has 0 saturated heterocycles. The molecule has 0 spiro atoms. The first-order valence-corrected chi connectivity index (χ1v) is 11.0. The number of fused-ring (bicyclic) bond motifs is 1. The van der Waals surface area contributed by atoms with Crippen LogP contribution in [0, 0.1) is 5.82 Å². The number of aliphatic imine (C=N–C) groups is 1. The zero-order valence-corrected chi connectivity index (χ0v) is 18.1. The molecule has 0 N–H and O–H groups in total. The van der Waals surface area contributed by atoms with E-state index in [1.807, 2.05) is 66.7 Å². The maximum atomic E-state index is 13.9. The fraction of sp³-hybridized carbons (Fsp3) is 0. The number of thiazole rings is 1. The van der Waals surface area contributed by atoms with Crippen molar-refractivity contribution in [3.63, 3.8) is 0 Å². The molecule has 0 unspecified atom stereocenters. The van der Waals surface area contributed by atoms with Gasteiger partial charge in [-0.2, -0.15) is 0 Å². The highest BCUT2D eigenvalue weighted by molar-refractivity contribution is 7.22. The van der Waals surface area contributed by atoms with Crippen molar-refractivity contribution in [1.82, 2.24) is 4.98 Å². The predicted molar refractivity (Wildman–Crippen MR) is 129 cm³/mol. The zero-order valence-electron chi connectivity index (χ0n) is 16.6. The molecule has 4 nitrogen and oxygen atoms in total. The minimum absolute atomic E-state index is 0.00863. The lowest BCUT2D eigenvalue weighted by Crippen LogP contribution is -2.32. The highest BCUT2D eigenvalue weighted by atomic mass is 35.5. The SMILES string of the molecule is O=C1C(=CC=Cc2ccccc2)N=C(c2ccccc2)N1c1nc2cc(Cl)c(F)cc2s1. The van der Waals surface area contributed by atoms with Gasteiger partial charge in [0.05, 0.1) is 15.2 Å². The van der Waals surface area contributed by atoms with Crippen LogP contribution in [0.4, 0.5) is 9.52 Å². The lowest BCUT2D eigenvalue weighted by atomic mass is 10.2. The Labute approximate surface area is 192 Å². The number of halogens is 2. The Morgan fingerprint density at radius 3 is 2.47 bits per heavy atom. The van der Waals surface area contributed by atoms with Crippen molar-refractivity contribution < 1.29 is 9.18 Å². The number of hydrogen-bond acceptors (Lipinski definition) is 4. The Balaban J connectivity index is 1.57. The first-order chi connectivity index (χ1) is 15.6. The molecule has 1 aliphatic heterocycles. The first-order valence-electron chi connectivity index (χ1n) is 9.78. The van der Waals surface area contributed by atoms with Crippen molar-refractivity contribution in [2.45, 2.75) is 0 Å². The number of carbonyl (C=O) groups is 1. The average Bonchev–Trinajstić information content (AvgIpc) is 3.35. The number of amides is 1. The normalized spacial score (nSPS) is 15.3. The molecule has 4 aromatic rings. The Morgan fingerprint density at radius 1 is 1.00 bits per heavy atom. The summed E-state index contributed by atoms with van der Waals surface area (Å²) in [6.07, 6.45) is 5.39. The molecule has 1 amide bonds. The molecule has 156 valence electrons. The Hall–Kier alpha value is -3.61. The molecule has 0 atom stereocenters. The average molecular weight is 460 g/mol. The summed E-state index contributed by atoms with van der Waals surface area (Å²) in [6, 6.07) is 22.0. The number of hydrogen-bond donors (Lipinski definition) is 0. The van der Waals surface area contributed by atoms with Crippen LogP contribution in [0.5, 0.6) is 0 Å². The minimum Gasteiger partial charge on any atom is -0.266 e. The van der Waals surface area contributed by atoms with Crippen molar-refractivity contribution in [3.8, 4) is 0 Å². The predicted octanol–water partition coefficient (Wildman–Crippen LogP) is 6.48. The van der Waals surface area contributed by atoms with Crippen LogP contribution in [0.25, 0.3) is 16.3 Å². The topological polar surface area (TPSA) is 45.6 Å². The van der Waals surface area contributed by atoms with Gasteiger partial charge in [-0.1, -0.05) is 95.8 Å². The molecule has 0 radical (unpaired) electrons. The van der Waals surface area contributed by atoms with Gasteiger partial charge in [-0.25, -0.2) is 19.3 Å². The van der Waals surface area contributed by atoms with E-state index in [1.54, 1.807) is 12.2 Å². The van der Waals surface area contributed by atoms with E-state index in [9.17, 15) is 9.18 Å². The van der Waals surface area contributed by atoms with Crippen LogP contribution < -0.4 is 4.90 Å². The van der Waals surface area contributed by atoms with E-state index in [4.69, 9.17) is 11.6 Å². The minimum atomic E-state index is -0.523. The standard InChI is InChI=1S/C25H15ClFN3OS/c26-18-14-21-22(15-19(18)27)32-25(29-21)30-23(17-11-5-2-6-12-17)28-20(24(30)31)13-7-10-16-8-3-1-4-9-16/h1-15H. The number of allylic oxidation sites excluding steroid dienone is 2. The van der Waals surface area contributed by atoms with Crippen LogP contribution in [0.1, 0.15) is 11.1 Å². The van der Waals surface area contributed by atoms with Gasteiger partial charge in [-0.15, -0.1) is 0 Å². The van der Waals surface area contributed by atoms with E-state index in [-0.39, 0.29) is 10.9 Å². The van der Waals surface area contributed by atoms with E-state index in [0.717, 1.165) is 11.1 Å². The monoisotopic (exact) mass is 459 g/mol. The second-order valence-corrected chi connectivity index (χ2v) is 8.41. The molecule has 0 saturated carbocycles. The number of amidine groups is 1. The summed E-state index contributed by atoms with van der Waals surface area (Å²) < 4.78 is 14.5. The van der Waals surface area contributed by atoms with Crippen LogP contribution in [0.3, 0.4) is 0 Å². The van der Waals surface area contributed by atoms with Crippen LogP contribution in [0.2, 0.25) is 5.02 Å². The second-order valence-electron chi connectivity index (χ2n) is 6.99. The summed E-state index contributed by atoms with van der Waals surface area (Å²) in [5.41, 5.74) is 2.61. The van der Waals surface area contributed by atoms with Gasteiger partial charge in [0, 0.05) is 5.56 Å². The van der Waals surface area contributed by atoms with E-state index in [1.165, 1.54) is 28.4 Å². The third-order valence-corrected chi connectivity index (χ3v) is 6.14. The Kier molecular flexibility index (Phi) is 5.39. The maximum absolute atomic E-state index is 13.9. The number of aromatic nitrogens is 1. The maximum Gasteiger partial charge on any atom is 0.284 e. The number of anilines is 1. The smallest absolute Gasteiger partial charge is 0.266 e. The van der Waals surface area contributed by atoms with Gasteiger partial charge in [0.2, 0.25) is 0 Å². The Bertz CT molecular complexity index is 1370. The molecule has 1 aliphatic rings. The molecule has 5 rings (SSSR count). The third-order valence-electron chi connectivity index (χ3n) is 4.85. The van der Waals surface area contributed by atoms with Gasteiger partial charge in [0.25, 0.3) is 5.91 Å². The summed E-state index contributed by atoms with van der Waals surface area (Å²) in [7, 11) is 0. The van der Waals surface area contributed by atoms with Crippen LogP contribution in [-0.2, 0) is 4.79 Å². The van der Waals surface area contributed by atoms with Crippen molar-refractivity contribution in [1.29, 1.82) is 0 Å². The summed E-state index contributed by atoms with van der Waals surface area (Å²) in [6.45, 7) is 0. The van der Waals surface area contributed by atoms with Crippen molar-refractivity contribution in [3.05, 3.63) is 113 Å². The number of benzene rings is 3.